The highest BCUT2D eigenvalue weighted by Gasteiger charge is 2.34. The molecule has 5 nitrogen and oxygen atoms in total. The summed E-state index contributed by atoms with van der Waals surface area (Å²) in [6, 6.07) is 5.86. The second-order valence-electron chi connectivity index (χ2n) is 6.79. The van der Waals surface area contributed by atoms with Crippen molar-refractivity contribution >= 4 is 0 Å². The van der Waals surface area contributed by atoms with E-state index in [0.717, 1.165) is 42.9 Å². The van der Waals surface area contributed by atoms with Gasteiger partial charge in [0, 0.05) is 19.7 Å². The van der Waals surface area contributed by atoms with E-state index in [1.807, 2.05) is 18.2 Å². The maximum atomic E-state index is 10.5. The predicted molar refractivity (Wildman–Crippen MR) is 94.6 cm³/mol. The first kappa shape index (κ1) is 19.0. The lowest BCUT2D eigenvalue weighted by atomic mass is 9.82. The maximum Gasteiger partial charge on any atom is 0.161 e. The highest BCUT2D eigenvalue weighted by atomic mass is 16.5. The number of rotatable bonds is 8. The topological polar surface area (TPSA) is 60.0 Å². The highest BCUT2D eigenvalue weighted by Crippen LogP contribution is 2.33. The van der Waals surface area contributed by atoms with Gasteiger partial charge in [0.1, 0.15) is 0 Å². The smallest absolute Gasteiger partial charge is 0.161 e. The van der Waals surface area contributed by atoms with Crippen LogP contribution in [0.2, 0.25) is 0 Å². The number of aliphatic hydroxyl groups excluding tert-OH is 1. The van der Waals surface area contributed by atoms with Crippen LogP contribution in [0.15, 0.2) is 18.2 Å². The molecule has 1 aliphatic rings. The molecule has 1 aromatic carbocycles. The van der Waals surface area contributed by atoms with Crippen LogP contribution in [-0.4, -0.2) is 44.2 Å². The minimum absolute atomic E-state index is 0.0900. The molecule has 5 heteroatoms. The molecule has 24 heavy (non-hydrogen) atoms. The lowest BCUT2D eigenvalue weighted by Gasteiger charge is -2.39. The third-order valence-electron chi connectivity index (χ3n) is 5.06. The van der Waals surface area contributed by atoms with E-state index in [4.69, 9.17) is 14.2 Å². The number of aliphatic hydroxyl groups is 1. The van der Waals surface area contributed by atoms with E-state index >= 15 is 0 Å². The van der Waals surface area contributed by atoms with Crippen LogP contribution in [-0.2, 0) is 11.3 Å². The van der Waals surface area contributed by atoms with Crippen LogP contribution in [0, 0.1) is 5.92 Å². The average molecular weight is 337 g/mol. The van der Waals surface area contributed by atoms with E-state index in [2.05, 4.69) is 19.2 Å². The van der Waals surface area contributed by atoms with Crippen molar-refractivity contribution < 1.29 is 19.3 Å². The second-order valence-corrected chi connectivity index (χ2v) is 6.79. The van der Waals surface area contributed by atoms with Crippen molar-refractivity contribution in [2.75, 3.05) is 27.4 Å². The Balaban J connectivity index is 1.83. The molecule has 0 spiro atoms. The molecule has 2 N–H and O–H groups in total. The van der Waals surface area contributed by atoms with Gasteiger partial charge in [-0.1, -0.05) is 13.0 Å². The quantitative estimate of drug-likeness (QED) is 0.764. The SMILES string of the molecule is CC[C@@]1(C)C[C@@H]([C@H](O)CNCc2ccc(OC)c(OC)c2)CCO1. The van der Waals surface area contributed by atoms with Crippen molar-refractivity contribution in [1.29, 1.82) is 0 Å². The van der Waals surface area contributed by atoms with Gasteiger partial charge in [0.15, 0.2) is 11.5 Å². The summed E-state index contributed by atoms with van der Waals surface area (Å²) in [4.78, 5) is 0. The molecule has 1 fully saturated rings. The standard InChI is InChI=1S/C19H31NO4/c1-5-19(2)11-15(8-9-24-19)16(21)13-20-12-14-6-7-17(22-3)18(10-14)23-4/h6-7,10,15-16,20-21H,5,8-9,11-13H2,1-4H3/t15-,16+,19-/m0/s1. The Labute approximate surface area is 145 Å². The molecule has 0 radical (unpaired) electrons. The van der Waals surface area contributed by atoms with Gasteiger partial charge >= 0.3 is 0 Å². The number of methoxy groups -OCH3 is 2. The summed E-state index contributed by atoms with van der Waals surface area (Å²) in [5, 5.41) is 13.8. The van der Waals surface area contributed by atoms with E-state index in [1.54, 1.807) is 14.2 Å². The third-order valence-corrected chi connectivity index (χ3v) is 5.06. The Bertz CT molecular complexity index is 522. The fraction of sp³-hybridized carbons (Fsp3) is 0.684. The Morgan fingerprint density at radius 3 is 2.75 bits per heavy atom. The zero-order valence-corrected chi connectivity index (χ0v) is 15.3. The van der Waals surface area contributed by atoms with Crippen molar-refractivity contribution in [2.45, 2.75) is 51.4 Å². The Morgan fingerprint density at radius 1 is 1.33 bits per heavy atom. The first-order chi connectivity index (χ1) is 11.5. The number of hydrogen-bond donors (Lipinski definition) is 2. The summed E-state index contributed by atoms with van der Waals surface area (Å²) in [6.07, 6.45) is 2.48. The summed E-state index contributed by atoms with van der Waals surface area (Å²) < 4.78 is 16.4. The zero-order valence-electron chi connectivity index (χ0n) is 15.3. The van der Waals surface area contributed by atoms with Gasteiger partial charge in [-0.3, -0.25) is 0 Å². The molecule has 3 atom stereocenters. The number of nitrogens with one attached hydrogen (secondary N) is 1. The first-order valence-electron chi connectivity index (χ1n) is 8.75. The van der Waals surface area contributed by atoms with Crippen LogP contribution in [0.25, 0.3) is 0 Å². The van der Waals surface area contributed by atoms with E-state index in [0.29, 0.717) is 19.0 Å². The predicted octanol–water partition coefficient (Wildman–Crippen LogP) is 2.75. The molecule has 1 saturated heterocycles. The van der Waals surface area contributed by atoms with Gasteiger partial charge in [0.05, 0.1) is 25.9 Å². The third kappa shape index (κ3) is 4.85. The highest BCUT2D eigenvalue weighted by molar-refractivity contribution is 5.42. The van der Waals surface area contributed by atoms with Crippen molar-refractivity contribution in [2.24, 2.45) is 5.92 Å². The fourth-order valence-corrected chi connectivity index (χ4v) is 3.27. The molecule has 1 heterocycles. The molecule has 0 aliphatic carbocycles. The molecule has 136 valence electrons. The summed E-state index contributed by atoms with van der Waals surface area (Å²) in [5.41, 5.74) is 1.01. The van der Waals surface area contributed by atoms with Gasteiger partial charge in [0.2, 0.25) is 0 Å². The molecule has 2 rings (SSSR count). The van der Waals surface area contributed by atoms with E-state index in [9.17, 15) is 5.11 Å². The molecule has 0 bridgehead atoms. The van der Waals surface area contributed by atoms with E-state index in [-0.39, 0.29) is 11.7 Å². The van der Waals surface area contributed by atoms with Gasteiger partial charge in [0.25, 0.3) is 0 Å². The molecule has 0 unspecified atom stereocenters. The van der Waals surface area contributed by atoms with Crippen LogP contribution in [0.1, 0.15) is 38.7 Å². The van der Waals surface area contributed by atoms with Gasteiger partial charge in [-0.2, -0.15) is 0 Å². The van der Waals surface area contributed by atoms with Crippen LogP contribution in [0.4, 0.5) is 0 Å². The van der Waals surface area contributed by atoms with Crippen molar-refractivity contribution in [3.8, 4) is 11.5 Å². The lowest BCUT2D eigenvalue weighted by molar-refractivity contribution is -0.107. The number of benzene rings is 1. The summed E-state index contributed by atoms with van der Waals surface area (Å²) in [6.45, 7) is 6.29. The van der Waals surface area contributed by atoms with Gasteiger partial charge in [-0.25, -0.2) is 0 Å². The molecule has 1 aliphatic heterocycles. The Morgan fingerprint density at radius 2 is 2.08 bits per heavy atom. The number of hydrogen-bond acceptors (Lipinski definition) is 5. The maximum absolute atomic E-state index is 10.5. The molecule has 0 aromatic heterocycles. The largest absolute Gasteiger partial charge is 0.493 e. The normalized spacial score (nSPS) is 25.3. The molecule has 1 aromatic rings. The monoisotopic (exact) mass is 337 g/mol. The van der Waals surface area contributed by atoms with E-state index in [1.165, 1.54) is 0 Å². The molecule has 0 amide bonds. The summed E-state index contributed by atoms with van der Waals surface area (Å²) in [7, 11) is 3.26. The van der Waals surface area contributed by atoms with Gasteiger partial charge in [-0.05, 0) is 49.8 Å². The van der Waals surface area contributed by atoms with Crippen molar-refractivity contribution in [3.05, 3.63) is 23.8 Å². The van der Waals surface area contributed by atoms with Crippen LogP contribution in [0.3, 0.4) is 0 Å². The molecule has 0 saturated carbocycles. The lowest BCUT2D eigenvalue weighted by Crippen LogP contribution is -2.43. The Hall–Kier alpha value is -1.30. The fourth-order valence-electron chi connectivity index (χ4n) is 3.27. The van der Waals surface area contributed by atoms with Crippen molar-refractivity contribution in [1.82, 2.24) is 5.32 Å². The van der Waals surface area contributed by atoms with Gasteiger partial charge in [-0.15, -0.1) is 0 Å². The Kier molecular flexibility index (Phi) is 6.90. The molecular formula is C19H31NO4. The van der Waals surface area contributed by atoms with E-state index < -0.39 is 0 Å². The minimum Gasteiger partial charge on any atom is -0.493 e. The molecular weight excluding hydrogens is 306 g/mol. The number of ether oxygens (including phenoxy) is 3. The summed E-state index contributed by atoms with van der Waals surface area (Å²) in [5.74, 6) is 1.74. The van der Waals surface area contributed by atoms with Crippen molar-refractivity contribution in [3.63, 3.8) is 0 Å². The first-order valence-corrected chi connectivity index (χ1v) is 8.75. The van der Waals surface area contributed by atoms with Crippen LogP contribution in [0.5, 0.6) is 11.5 Å². The minimum atomic E-state index is -0.347. The van der Waals surface area contributed by atoms with Crippen LogP contribution >= 0.6 is 0 Å². The zero-order chi connectivity index (χ0) is 17.6. The van der Waals surface area contributed by atoms with Gasteiger partial charge < -0.3 is 24.6 Å². The average Bonchev–Trinajstić information content (AvgIpc) is 2.61. The van der Waals surface area contributed by atoms with Crippen LogP contribution < -0.4 is 14.8 Å². The summed E-state index contributed by atoms with van der Waals surface area (Å²) >= 11 is 0. The second kappa shape index (κ2) is 8.70.